The molecule has 28 heavy (non-hydrogen) atoms. The van der Waals surface area contributed by atoms with Gasteiger partial charge in [0.15, 0.2) is 11.6 Å². The van der Waals surface area contributed by atoms with Crippen molar-refractivity contribution < 1.29 is 23.0 Å². The van der Waals surface area contributed by atoms with E-state index in [1.54, 1.807) is 19.2 Å². The second-order valence-corrected chi connectivity index (χ2v) is 7.70. The van der Waals surface area contributed by atoms with E-state index in [1.807, 2.05) is 11.8 Å². The molecule has 0 aromatic heterocycles. The van der Waals surface area contributed by atoms with Crippen molar-refractivity contribution >= 4 is 5.91 Å². The third-order valence-electron chi connectivity index (χ3n) is 5.98. The summed E-state index contributed by atoms with van der Waals surface area (Å²) < 4.78 is 38.4. The minimum absolute atomic E-state index is 0.0536. The van der Waals surface area contributed by atoms with Gasteiger partial charge in [-0.3, -0.25) is 9.69 Å². The topological polar surface area (TPSA) is 42.0 Å². The SMILES string of the molecule is CCN(CCOC)C(=O)C[C@@H]1OC[C@H]2CN(Cc3cccc(F)c3F)CC[C@H]21. The van der Waals surface area contributed by atoms with Crippen molar-refractivity contribution in [3.8, 4) is 0 Å². The van der Waals surface area contributed by atoms with Crippen LogP contribution in [-0.4, -0.2) is 68.3 Å². The third kappa shape index (κ3) is 4.88. The summed E-state index contributed by atoms with van der Waals surface area (Å²) in [4.78, 5) is 16.6. The summed E-state index contributed by atoms with van der Waals surface area (Å²) >= 11 is 0. The van der Waals surface area contributed by atoms with Crippen molar-refractivity contribution in [1.29, 1.82) is 0 Å². The fourth-order valence-corrected chi connectivity index (χ4v) is 4.39. The molecule has 1 aromatic rings. The van der Waals surface area contributed by atoms with Crippen molar-refractivity contribution in [2.45, 2.75) is 32.4 Å². The number of hydrogen-bond donors (Lipinski definition) is 0. The Balaban J connectivity index is 1.53. The van der Waals surface area contributed by atoms with Gasteiger partial charge in [0, 0.05) is 44.8 Å². The molecule has 0 radical (unpaired) electrons. The van der Waals surface area contributed by atoms with Gasteiger partial charge in [-0.1, -0.05) is 12.1 Å². The molecule has 1 aromatic carbocycles. The lowest BCUT2D eigenvalue weighted by Gasteiger charge is -2.36. The molecule has 0 spiro atoms. The van der Waals surface area contributed by atoms with Gasteiger partial charge in [-0.25, -0.2) is 8.78 Å². The predicted molar refractivity (Wildman–Crippen MR) is 102 cm³/mol. The summed E-state index contributed by atoms with van der Waals surface area (Å²) in [6, 6.07) is 4.32. The first-order valence-electron chi connectivity index (χ1n) is 10.1. The van der Waals surface area contributed by atoms with Crippen molar-refractivity contribution in [3.05, 3.63) is 35.4 Å². The largest absolute Gasteiger partial charge is 0.383 e. The van der Waals surface area contributed by atoms with E-state index in [-0.39, 0.29) is 12.0 Å². The second-order valence-electron chi connectivity index (χ2n) is 7.70. The van der Waals surface area contributed by atoms with Crippen LogP contribution in [0.3, 0.4) is 0 Å². The maximum atomic E-state index is 14.0. The van der Waals surface area contributed by atoms with Gasteiger partial charge in [0.25, 0.3) is 0 Å². The molecule has 2 fully saturated rings. The minimum Gasteiger partial charge on any atom is -0.383 e. The molecule has 1 amide bonds. The Morgan fingerprint density at radius 3 is 2.96 bits per heavy atom. The summed E-state index contributed by atoms with van der Waals surface area (Å²) in [5.74, 6) is -0.777. The zero-order chi connectivity index (χ0) is 20.1. The number of likely N-dealkylation sites (N-methyl/N-ethyl adjacent to an activating group) is 1. The van der Waals surface area contributed by atoms with Crippen molar-refractivity contribution in [3.63, 3.8) is 0 Å². The van der Waals surface area contributed by atoms with Gasteiger partial charge >= 0.3 is 0 Å². The van der Waals surface area contributed by atoms with Crippen LogP contribution in [0.2, 0.25) is 0 Å². The number of piperidine rings is 1. The lowest BCUT2D eigenvalue weighted by atomic mass is 9.83. The van der Waals surface area contributed by atoms with Gasteiger partial charge in [-0.05, 0) is 31.9 Å². The Morgan fingerprint density at radius 2 is 2.21 bits per heavy atom. The standard InChI is InChI=1S/C21H30F2N2O3/c1-3-25(9-10-27-2)20(26)11-19-17-7-8-24(13-16(17)14-28-19)12-15-5-4-6-18(22)21(15)23/h4-6,16-17,19H,3,7-14H2,1-2H3/t16-,17-,19+/m1/s1. The minimum atomic E-state index is -0.802. The van der Waals surface area contributed by atoms with Crippen LogP contribution < -0.4 is 0 Å². The molecule has 0 aliphatic carbocycles. The summed E-state index contributed by atoms with van der Waals surface area (Å²) in [5.41, 5.74) is 0.390. The van der Waals surface area contributed by atoms with E-state index in [9.17, 15) is 13.6 Å². The summed E-state index contributed by atoms with van der Waals surface area (Å²) in [7, 11) is 1.63. The average Bonchev–Trinajstić information content (AvgIpc) is 3.08. The molecule has 3 atom stereocenters. The van der Waals surface area contributed by atoms with Crippen LogP contribution in [0.25, 0.3) is 0 Å². The van der Waals surface area contributed by atoms with Gasteiger partial charge < -0.3 is 14.4 Å². The predicted octanol–water partition coefficient (Wildman–Crippen LogP) is 2.69. The number of likely N-dealkylation sites (tertiary alicyclic amines) is 1. The molecular weight excluding hydrogens is 366 g/mol. The van der Waals surface area contributed by atoms with E-state index in [0.717, 1.165) is 25.6 Å². The molecule has 3 rings (SSSR count). The Bertz CT molecular complexity index is 673. The molecule has 2 aliphatic heterocycles. The highest BCUT2D eigenvalue weighted by Gasteiger charge is 2.41. The monoisotopic (exact) mass is 396 g/mol. The number of halogens is 2. The Kier molecular flexibility index (Phi) is 7.37. The molecule has 5 nitrogen and oxygen atoms in total. The van der Waals surface area contributed by atoms with Gasteiger partial charge in [0.2, 0.25) is 5.91 Å². The summed E-state index contributed by atoms with van der Waals surface area (Å²) in [5, 5.41) is 0. The number of methoxy groups -OCH3 is 1. The van der Waals surface area contributed by atoms with Crippen molar-refractivity contribution in [2.75, 3.05) is 46.5 Å². The second kappa shape index (κ2) is 9.76. The van der Waals surface area contributed by atoms with Crippen molar-refractivity contribution in [1.82, 2.24) is 9.80 Å². The highest BCUT2D eigenvalue weighted by molar-refractivity contribution is 5.76. The van der Waals surface area contributed by atoms with E-state index in [0.29, 0.717) is 56.7 Å². The molecule has 0 unspecified atom stereocenters. The number of nitrogens with zero attached hydrogens (tertiary/aromatic N) is 2. The van der Waals surface area contributed by atoms with Gasteiger partial charge in [0.05, 0.1) is 25.7 Å². The third-order valence-corrected chi connectivity index (χ3v) is 5.98. The number of rotatable bonds is 8. The van der Waals surface area contributed by atoms with E-state index >= 15 is 0 Å². The number of carbonyl (C=O) groups is 1. The van der Waals surface area contributed by atoms with Crippen LogP contribution >= 0.6 is 0 Å². The van der Waals surface area contributed by atoms with Gasteiger partial charge in [0.1, 0.15) is 0 Å². The Morgan fingerprint density at radius 1 is 1.39 bits per heavy atom. The zero-order valence-electron chi connectivity index (χ0n) is 16.7. The number of ether oxygens (including phenoxy) is 2. The fourth-order valence-electron chi connectivity index (χ4n) is 4.39. The fraction of sp³-hybridized carbons (Fsp3) is 0.667. The van der Waals surface area contributed by atoms with E-state index in [4.69, 9.17) is 9.47 Å². The van der Waals surface area contributed by atoms with E-state index < -0.39 is 11.6 Å². The quantitative estimate of drug-likeness (QED) is 0.678. The van der Waals surface area contributed by atoms with Gasteiger partial charge in [-0.15, -0.1) is 0 Å². The smallest absolute Gasteiger partial charge is 0.225 e. The Labute approximate surface area is 165 Å². The maximum absolute atomic E-state index is 14.0. The van der Waals surface area contributed by atoms with Crippen molar-refractivity contribution in [2.24, 2.45) is 11.8 Å². The van der Waals surface area contributed by atoms with E-state index in [2.05, 4.69) is 4.90 Å². The molecule has 7 heteroatoms. The number of carbonyl (C=O) groups excluding carboxylic acids is 1. The van der Waals surface area contributed by atoms with Crippen LogP contribution in [0.1, 0.15) is 25.3 Å². The molecule has 2 heterocycles. The highest BCUT2D eigenvalue weighted by Crippen LogP contribution is 2.36. The first-order chi connectivity index (χ1) is 13.5. The summed E-state index contributed by atoms with van der Waals surface area (Å²) in [6.07, 6.45) is 1.25. The zero-order valence-corrected chi connectivity index (χ0v) is 16.7. The van der Waals surface area contributed by atoms with Crippen LogP contribution in [0.15, 0.2) is 18.2 Å². The highest BCUT2D eigenvalue weighted by atomic mass is 19.2. The normalized spacial score (nSPS) is 24.9. The molecule has 0 saturated carbocycles. The molecule has 0 N–H and O–H groups in total. The van der Waals surface area contributed by atoms with Crippen LogP contribution in [0.5, 0.6) is 0 Å². The molecule has 2 saturated heterocycles. The average molecular weight is 396 g/mol. The van der Waals surface area contributed by atoms with E-state index in [1.165, 1.54) is 0 Å². The van der Waals surface area contributed by atoms with Gasteiger partial charge in [-0.2, -0.15) is 0 Å². The first-order valence-corrected chi connectivity index (χ1v) is 10.1. The molecule has 2 aliphatic rings. The van der Waals surface area contributed by atoms with Crippen LogP contribution in [-0.2, 0) is 20.8 Å². The molecular formula is C21H30F2N2O3. The maximum Gasteiger partial charge on any atom is 0.225 e. The first kappa shape index (κ1) is 21.1. The lowest BCUT2D eigenvalue weighted by Crippen LogP contribution is -2.42. The molecule has 156 valence electrons. The lowest BCUT2D eigenvalue weighted by molar-refractivity contribution is -0.134. The number of hydrogen-bond acceptors (Lipinski definition) is 4. The van der Waals surface area contributed by atoms with Crippen LogP contribution in [0.4, 0.5) is 8.78 Å². The number of benzene rings is 1. The van der Waals surface area contributed by atoms with Crippen LogP contribution in [0, 0.1) is 23.5 Å². The molecule has 0 bridgehead atoms. The Hall–Kier alpha value is -1.57. The number of fused-ring (bicyclic) bond motifs is 1. The number of amides is 1. The summed E-state index contributed by atoms with van der Waals surface area (Å²) in [6.45, 7) is 6.36.